The summed E-state index contributed by atoms with van der Waals surface area (Å²) in [5.74, 6) is -0.233. The Bertz CT molecular complexity index is 1220. The molecule has 0 saturated heterocycles. The summed E-state index contributed by atoms with van der Waals surface area (Å²) in [5, 5.41) is 11.6. The van der Waals surface area contributed by atoms with E-state index in [-0.39, 0.29) is 5.91 Å². The number of para-hydroxylation sites is 1. The van der Waals surface area contributed by atoms with Crippen LogP contribution in [0.15, 0.2) is 72.2 Å². The molecule has 7 nitrogen and oxygen atoms in total. The van der Waals surface area contributed by atoms with Crippen LogP contribution < -0.4 is 21.7 Å². The summed E-state index contributed by atoms with van der Waals surface area (Å²) in [4.78, 5) is 28.8. The van der Waals surface area contributed by atoms with E-state index >= 15 is 0 Å². The summed E-state index contributed by atoms with van der Waals surface area (Å²) in [6, 6.07) is 18.0. The highest BCUT2D eigenvalue weighted by molar-refractivity contribution is 7.12. The smallest absolute Gasteiger partial charge is 0.316 e. The molecule has 0 spiro atoms. The Balaban J connectivity index is 1.48. The predicted molar refractivity (Wildman–Crippen MR) is 121 cm³/mol. The molecule has 0 aliphatic rings. The van der Waals surface area contributed by atoms with Crippen molar-refractivity contribution in [1.29, 1.82) is 0 Å². The van der Waals surface area contributed by atoms with E-state index in [4.69, 9.17) is 5.73 Å². The molecule has 4 rings (SSSR count). The minimum Gasteiger partial charge on any atom is -0.380 e. The molecule has 0 aliphatic heterocycles. The second kappa shape index (κ2) is 8.62. The van der Waals surface area contributed by atoms with Gasteiger partial charge in [-0.25, -0.2) is 4.79 Å². The summed E-state index contributed by atoms with van der Waals surface area (Å²) >= 11 is 1.35. The van der Waals surface area contributed by atoms with E-state index in [1.165, 1.54) is 11.3 Å². The van der Waals surface area contributed by atoms with Gasteiger partial charge in [-0.15, -0.1) is 11.3 Å². The van der Waals surface area contributed by atoms with Gasteiger partial charge in [-0.2, -0.15) is 0 Å². The van der Waals surface area contributed by atoms with Gasteiger partial charge in [0, 0.05) is 29.5 Å². The first-order valence-corrected chi connectivity index (χ1v) is 10.1. The number of carbonyl (C=O) groups is 2. The first kappa shape index (κ1) is 19.4. The number of nitrogens with one attached hydrogen (secondary N) is 3. The summed E-state index contributed by atoms with van der Waals surface area (Å²) < 4.78 is 0. The molecule has 150 valence electrons. The molecule has 0 bridgehead atoms. The number of rotatable bonds is 6. The van der Waals surface area contributed by atoms with Crippen molar-refractivity contribution >= 4 is 51.2 Å². The number of fused-ring (bicyclic) bond motifs is 1. The Morgan fingerprint density at radius 2 is 1.77 bits per heavy atom. The number of hydrogen-bond donors (Lipinski definition) is 4. The minimum absolute atomic E-state index is 0.233. The van der Waals surface area contributed by atoms with E-state index in [1.807, 2.05) is 41.8 Å². The van der Waals surface area contributed by atoms with E-state index < -0.39 is 6.03 Å². The van der Waals surface area contributed by atoms with Gasteiger partial charge in [0.05, 0.1) is 11.2 Å². The van der Waals surface area contributed by atoms with E-state index in [1.54, 1.807) is 30.5 Å². The zero-order valence-electron chi connectivity index (χ0n) is 15.9. The maximum atomic E-state index is 12.8. The zero-order chi connectivity index (χ0) is 20.9. The quantitative estimate of drug-likeness (QED) is 0.366. The van der Waals surface area contributed by atoms with Gasteiger partial charge < -0.3 is 21.7 Å². The molecule has 2 aromatic heterocycles. The van der Waals surface area contributed by atoms with Crippen molar-refractivity contribution in [2.24, 2.45) is 5.73 Å². The first-order valence-electron chi connectivity index (χ1n) is 9.22. The number of thiophene rings is 1. The van der Waals surface area contributed by atoms with E-state index in [2.05, 4.69) is 20.9 Å². The fraction of sp³-hybridized carbons (Fsp3) is 0.0455. The van der Waals surface area contributed by atoms with Crippen LogP contribution in [0, 0.1) is 0 Å². The van der Waals surface area contributed by atoms with Crippen LogP contribution >= 0.6 is 11.3 Å². The third-order valence-corrected chi connectivity index (χ3v) is 5.38. The van der Waals surface area contributed by atoms with Crippen molar-refractivity contribution in [2.45, 2.75) is 6.54 Å². The summed E-state index contributed by atoms with van der Waals surface area (Å²) in [7, 11) is 0. The number of amides is 3. The number of nitrogens with zero attached hydrogens (tertiary/aromatic N) is 1. The molecular formula is C22H19N5O2S. The van der Waals surface area contributed by atoms with E-state index in [9.17, 15) is 9.59 Å². The molecule has 4 aromatic rings. The highest BCUT2D eigenvalue weighted by Gasteiger charge is 2.14. The van der Waals surface area contributed by atoms with Crippen LogP contribution in [0.2, 0.25) is 0 Å². The number of benzene rings is 2. The monoisotopic (exact) mass is 417 g/mol. The molecule has 0 aliphatic carbocycles. The van der Waals surface area contributed by atoms with Gasteiger partial charge in [-0.3, -0.25) is 9.78 Å². The van der Waals surface area contributed by atoms with Crippen molar-refractivity contribution in [3.8, 4) is 0 Å². The fourth-order valence-electron chi connectivity index (χ4n) is 3.13. The molecule has 30 heavy (non-hydrogen) atoms. The van der Waals surface area contributed by atoms with Gasteiger partial charge in [-0.1, -0.05) is 24.3 Å². The lowest BCUT2D eigenvalue weighted by molar-refractivity contribution is 0.103. The number of pyridine rings is 1. The highest BCUT2D eigenvalue weighted by atomic mass is 32.1. The van der Waals surface area contributed by atoms with E-state index in [0.29, 0.717) is 22.8 Å². The topological polar surface area (TPSA) is 109 Å². The Morgan fingerprint density at radius 3 is 2.60 bits per heavy atom. The van der Waals surface area contributed by atoms with Crippen LogP contribution in [0.4, 0.5) is 21.9 Å². The van der Waals surface area contributed by atoms with Crippen LogP contribution in [0.1, 0.15) is 15.2 Å². The summed E-state index contributed by atoms with van der Waals surface area (Å²) in [6.45, 7) is 0.568. The van der Waals surface area contributed by atoms with Gasteiger partial charge in [0.2, 0.25) is 0 Å². The van der Waals surface area contributed by atoms with Crippen molar-refractivity contribution in [3.05, 3.63) is 82.7 Å². The number of nitrogens with two attached hydrogens (primary N) is 1. The van der Waals surface area contributed by atoms with Crippen LogP contribution in [0.3, 0.4) is 0 Å². The molecule has 8 heteroatoms. The number of hydrogen-bond acceptors (Lipinski definition) is 5. The molecular weight excluding hydrogens is 398 g/mol. The number of anilines is 3. The highest BCUT2D eigenvalue weighted by Crippen LogP contribution is 2.26. The molecule has 3 amide bonds. The molecule has 5 N–H and O–H groups in total. The maximum Gasteiger partial charge on any atom is 0.316 e. The Kier molecular flexibility index (Phi) is 5.58. The lowest BCUT2D eigenvalue weighted by atomic mass is 10.1. The van der Waals surface area contributed by atoms with Crippen molar-refractivity contribution in [1.82, 2.24) is 4.98 Å². The predicted octanol–water partition coefficient (Wildman–Crippen LogP) is 4.65. The third kappa shape index (κ3) is 4.39. The number of carbonyl (C=O) groups excluding carboxylic acids is 2. The minimum atomic E-state index is -0.660. The van der Waals surface area contributed by atoms with Crippen molar-refractivity contribution < 1.29 is 9.59 Å². The van der Waals surface area contributed by atoms with Crippen LogP contribution in [0.5, 0.6) is 0 Å². The molecule has 0 radical (unpaired) electrons. The molecule has 2 aromatic carbocycles. The van der Waals surface area contributed by atoms with Gasteiger partial charge in [0.25, 0.3) is 5.91 Å². The van der Waals surface area contributed by atoms with Gasteiger partial charge in [-0.05, 0) is 47.3 Å². The number of aromatic nitrogens is 1. The lowest BCUT2D eigenvalue weighted by Gasteiger charge is -2.11. The lowest BCUT2D eigenvalue weighted by Crippen LogP contribution is -2.19. The Morgan fingerprint density at radius 1 is 0.967 bits per heavy atom. The molecule has 0 fully saturated rings. The van der Waals surface area contributed by atoms with Crippen LogP contribution in [-0.2, 0) is 6.54 Å². The van der Waals surface area contributed by atoms with E-state index in [0.717, 1.165) is 22.2 Å². The van der Waals surface area contributed by atoms with Crippen molar-refractivity contribution in [3.63, 3.8) is 0 Å². The Labute approximate surface area is 176 Å². The Hall–Kier alpha value is -3.91. The number of primary amides is 1. The van der Waals surface area contributed by atoms with Crippen LogP contribution in [0.25, 0.3) is 10.9 Å². The molecule has 0 atom stereocenters. The van der Waals surface area contributed by atoms with Crippen molar-refractivity contribution in [2.75, 3.05) is 16.0 Å². The second-order valence-electron chi connectivity index (χ2n) is 6.53. The fourth-order valence-corrected chi connectivity index (χ4v) is 3.89. The van der Waals surface area contributed by atoms with Gasteiger partial charge in [0.15, 0.2) is 0 Å². The normalized spacial score (nSPS) is 10.5. The molecule has 0 unspecified atom stereocenters. The van der Waals surface area contributed by atoms with Crippen LogP contribution in [-0.4, -0.2) is 16.9 Å². The van der Waals surface area contributed by atoms with Gasteiger partial charge in [0.1, 0.15) is 4.88 Å². The number of urea groups is 1. The summed E-state index contributed by atoms with van der Waals surface area (Å²) in [6.07, 6.45) is 1.79. The first-order chi connectivity index (χ1) is 14.6. The maximum absolute atomic E-state index is 12.8. The zero-order valence-corrected chi connectivity index (χ0v) is 16.7. The standard InChI is InChI=1S/C22H19N5O2S/c23-22(29)27-16-5-3-4-15(12-16)26-21(28)20-19(9-11-30-20)25-13-14-8-10-24-18-7-2-1-6-17(14)18/h1-12,25H,13H2,(H,26,28)(H3,23,27,29). The van der Waals surface area contributed by atoms with Gasteiger partial charge >= 0.3 is 6.03 Å². The largest absolute Gasteiger partial charge is 0.380 e. The SMILES string of the molecule is NC(=O)Nc1cccc(NC(=O)c2sccc2NCc2ccnc3ccccc23)c1. The summed E-state index contributed by atoms with van der Waals surface area (Å²) in [5.41, 5.74) is 9.00. The molecule has 0 saturated carbocycles. The average Bonchev–Trinajstić information content (AvgIpc) is 3.21. The second-order valence-corrected chi connectivity index (χ2v) is 7.44. The average molecular weight is 417 g/mol. The molecule has 2 heterocycles. The third-order valence-electron chi connectivity index (χ3n) is 4.47.